The fraction of sp³-hybridized carbons (Fsp3) is 0.100. The number of pyridine rings is 1. The first-order valence-corrected chi connectivity index (χ1v) is 7.72. The van der Waals surface area contributed by atoms with Gasteiger partial charge in [-0.05, 0) is 48.6 Å². The van der Waals surface area contributed by atoms with Gasteiger partial charge in [0.2, 0.25) is 5.91 Å². The number of hydrogen-bond acceptors (Lipinski definition) is 2. The van der Waals surface area contributed by atoms with Crippen molar-refractivity contribution in [1.29, 1.82) is 0 Å². The molecule has 0 aliphatic carbocycles. The van der Waals surface area contributed by atoms with Crippen molar-refractivity contribution in [2.24, 2.45) is 0 Å². The van der Waals surface area contributed by atoms with Crippen LogP contribution in [0.5, 0.6) is 0 Å². The molecule has 3 aromatic rings. The molecular formula is C20H18N2O2. The third kappa shape index (κ3) is 3.27. The van der Waals surface area contributed by atoms with Gasteiger partial charge in [0.25, 0.3) is 5.56 Å². The van der Waals surface area contributed by atoms with Crippen LogP contribution in [0.15, 0.2) is 59.4 Å². The van der Waals surface area contributed by atoms with Crippen LogP contribution < -0.4 is 10.9 Å². The van der Waals surface area contributed by atoms with Crippen LogP contribution in [-0.4, -0.2) is 10.9 Å². The Balaban J connectivity index is 1.84. The van der Waals surface area contributed by atoms with E-state index < -0.39 is 0 Å². The molecule has 0 atom stereocenters. The van der Waals surface area contributed by atoms with E-state index in [0.29, 0.717) is 5.56 Å². The highest BCUT2D eigenvalue weighted by Crippen LogP contribution is 2.19. The summed E-state index contributed by atoms with van der Waals surface area (Å²) in [5.74, 6) is -0.264. The monoisotopic (exact) mass is 318 g/mol. The minimum Gasteiger partial charge on any atom is -0.322 e. The van der Waals surface area contributed by atoms with E-state index in [-0.39, 0.29) is 11.5 Å². The number of para-hydroxylation sites is 2. The summed E-state index contributed by atoms with van der Waals surface area (Å²) in [4.78, 5) is 27.0. The number of amides is 1. The molecule has 0 aliphatic heterocycles. The number of aromatic amines is 1. The third-order valence-electron chi connectivity index (χ3n) is 3.93. The van der Waals surface area contributed by atoms with Crippen LogP contribution in [0.1, 0.15) is 16.7 Å². The van der Waals surface area contributed by atoms with Crippen molar-refractivity contribution in [2.75, 3.05) is 5.32 Å². The molecule has 120 valence electrons. The molecule has 0 fully saturated rings. The Labute approximate surface area is 139 Å². The predicted molar refractivity (Wildman–Crippen MR) is 98.1 cm³/mol. The van der Waals surface area contributed by atoms with E-state index in [1.165, 1.54) is 12.2 Å². The second kappa shape index (κ2) is 6.54. The van der Waals surface area contributed by atoms with Crippen LogP contribution in [-0.2, 0) is 4.79 Å². The summed E-state index contributed by atoms with van der Waals surface area (Å²) >= 11 is 0. The Bertz CT molecular complexity index is 980. The molecule has 1 heterocycles. The number of anilines is 1. The molecule has 0 saturated heterocycles. The molecule has 0 radical (unpaired) electrons. The Hall–Kier alpha value is -3.14. The molecule has 0 bridgehead atoms. The van der Waals surface area contributed by atoms with Gasteiger partial charge in [0.15, 0.2) is 0 Å². The minimum atomic E-state index is -0.264. The number of aromatic nitrogens is 1. The van der Waals surface area contributed by atoms with Gasteiger partial charge in [0.1, 0.15) is 0 Å². The molecule has 4 heteroatoms. The maximum absolute atomic E-state index is 12.2. The van der Waals surface area contributed by atoms with Gasteiger partial charge in [0.05, 0.1) is 0 Å². The van der Waals surface area contributed by atoms with Gasteiger partial charge in [-0.2, -0.15) is 0 Å². The Morgan fingerprint density at radius 1 is 1.04 bits per heavy atom. The summed E-state index contributed by atoms with van der Waals surface area (Å²) < 4.78 is 0. The van der Waals surface area contributed by atoms with Crippen molar-refractivity contribution in [3.8, 4) is 0 Å². The van der Waals surface area contributed by atoms with Crippen molar-refractivity contribution in [3.05, 3.63) is 81.7 Å². The lowest BCUT2D eigenvalue weighted by molar-refractivity contribution is -0.111. The lowest BCUT2D eigenvalue weighted by Crippen LogP contribution is -2.12. The van der Waals surface area contributed by atoms with Crippen LogP contribution >= 0.6 is 0 Å². The average Bonchev–Trinajstić information content (AvgIpc) is 2.56. The highest BCUT2D eigenvalue weighted by atomic mass is 16.1. The summed E-state index contributed by atoms with van der Waals surface area (Å²) in [5, 5.41) is 3.79. The molecule has 0 aliphatic rings. The number of H-pyrrole nitrogens is 1. The third-order valence-corrected chi connectivity index (χ3v) is 3.93. The highest BCUT2D eigenvalue weighted by molar-refractivity contribution is 6.03. The molecule has 24 heavy (non-hydrogen) atoms. The van der Waals surface area contributed by atoms with E-state index >= 15 is 0 Å². The van der Waals surface area contributed by atoms with Crippen LogP contribution in [0.4, 0.5) is 5.69 Å². The van der Waals surface area contributed by atoms with Crippen molar-refractivity contribution in [2.45, 2.75) is 13.8 Å². The maximum atomic E-state index is 12.2. The molecular weight excluding hydrogens is 300 g/mol. The van der Waals surface area contributed by atoms with Gasteiger partial charge in [0, 0.05) is 22.8 Å². The second-order valence-corrected chi connectivity index (χ2v) is 5.73. The van der Waals surface area contributed by atoms with E-state index in [9.17, 15) is 9.59 Å². The first-order valence-electron chi connectivity index (χ1n) is 7.72. The van der Waals surface area contributed by atoms with Crippen molar-refractivity contribution >= 4 is 28.6 Å². The smallest absolute Gasteiger partial charge is 0.255 e. The number of benzene rings is 2. The summed E-state index contributed by atoms with van der Waals surface area (Å²) in [6, 6.07) is 15.1. The second-order valence-electron chi connectivity index (χ2n) is 5.73. The first-order chi connectivity index (χ1) is 11.5. The number of rotatable bonds is 3. The van der Waals surface area contributed by atoms with Crippen LogP contribution in [0.3, 0.4) is 0 Å². The van der Waals surface area contributed by atoms with Crippen LogP contribution in [0.25, 0.3) is 17.0 Å². The van der Waals surface area contributed by atoms with Crippen molar-refractivity contribution in [1.82, 2.24) is 4.98 Å². The van der Waals surface area contributed by atoms with Gasteiger partial charge < -0.3 is 10.3 Å². The molecule has 3 rings (SSSR count). The van der Waals surface area contributed by atoms with Gasteiger partial charge >= 0.3 is 0 Å². The molecule has 2 aromatic carbocycles. The largest absolute Gasteiger partial charge is 0.322 e. The average molecular weight is 318 g/mol. The summed E-state index contributed by atoms with van der Waals surface area (Å²) in [6.07, 6.45) is 2.92. The quantitative estimate of drug-likeness (QED) is 0.722. The highest BCUT2D eigenvalue weighted by Gasteiger charge is 2.05. The lowest BCUT2D eigenvalue weighted by atomic mass is 10.1. The Morgan fingerprint density at radius 2 is 1.75 bits per heavy atom. The Kier molecular flexibility index (Phi) is 4.29. The standard InChI is InChI=1S/C20H18N2O2/c1-13-6-5-7-14(2)19(13)22-18(23)11-10-16-12-15-8-3-4-9-17(15)21-20(16)24/h3-12H,1-2H3,(H,21,24)(H,22,23)/b11-10+. The molecule has 1 amide bonds. The van der Waals surface area contributed by atoms with E-state index in [4.69, 9.17) is 0 Å². The lowest BCUT2D eigenvalue weighted by Gasteiger charge is -2.09. The molecule has 0 spiro atoms. The minimum absolute atomic E-state index is 0.218. The summed E-state index contributed by atoms with van der Waals surface area (Å²) in [6.45, 7) is 3.89. The molecule has 4 nitrogen and oxygen atoms in total. The van der Waals surface area contributed by atoms with E-state index in [2.05, 4.69) is 10.3 Å². The van der Waals surface area contributed by atoms with E-state index in [1.807, 2.05) is 56.3 Å². The van der Waals surface area contributed by atoms with Crippen molar-refractivity contribution in [3.63, 3.8) is 0 Å². The van der Waals surface area contributed by atoms with Gasteiger partial charge in [-0.25, -0.2) is 0 Å². The summed E-state index contributed by atoms with van der Waals surface area (Å²) in [7, 11) is 0. The number of carbonyl (C=O) groups is 1. The van der Waals surface area contributed by atoms with Gasteiger partial charge in [-0.3, -0.25) is 9.59 Å². The van der Waals surface area contributed by atoms with Gasteiger partial charge in [-0.1, -0.05) is 36.4 Å². The number of carbonyl (C=O) groups excluding carboxylic acids is 1. The van der Waals surface area contributed by atoms with E-state index in [1.54, 1.807) is 6.07 Å². The normalized spacial score (nSPS) is 11.1. The van der Waals surface area contributed by atoms with Crippen LogP contribution in [0.2, 0.25) is 0 Å². The fourth-order valence-corrected chi connectivity index (χ4v) is 2.63. The van der Waals surface area contributed by atoms with Crippen LogP contribution in [0, 0.1) is 13.8 Å². The number of hydrogen-bond donors (Lipinski definition) is 2. The number of aryl methyl sites for hydroxylation is 2. The summed E-state index contributed by atoms with van der Waals surface area (Å²) in [5.41, 5.74) is 3.81. The Morgan fingerprint density at radius 3 is 2.50 bits per heavy atom. The van der Waals surface area contributed by atoms with Gasteiger partial charge in [-0.15, -0.1) is 0 Å². The molecule has 1 aromatic heterocycles. The predicted octanol–water partition coefficient (Wildman–Crippen LogP) is 3.80. The zero-order valence-electron chi connectivity index (χ0n) is 13.6. The number of fused-ring (bicyclic) bond motifs is 1. The molecule has 0 unspecified atom stereocenters. The fourth-order valence-electron chi connectivity index (χ4n) is 2.63. The topological polar surface area (TPSA) is 62.0 Å². The molecule has 2 N–H and O–H groups in total. The molecule has 0 saturated carbocycles. The van der Waals surface area contributed by atoms with Crippen molar-refractivity contribution < 1.29 is 4.79 Å². The maximum Gasteiger partial charge on any atom is 0.255 e. The van der Waals surface area contributed by atoms with E-state index in [0.717, 1.165) is 27.7 Å². The first kappa shape index (κ1) is 15.7. The number of nitrogens with one attached hydrogen (secondary N) is 2. The SMILES string of the molecule is Cc1cccc(C)c1NC(=O)/C=C/c1cc2ccccc2[nH]c1=O. The zero-order valence-corrected chi connectivity index (χ0v) is 13.6. The zero-order chi connectivity index (χ0) is 17.1.